The summed E-state index contributed by atoms with van der Waals surface area (Å²) in [6.45, 7) is 2.66. The Bertz CT molecular complexity index is 1130. The number of aromatic nitrogens is 2. The van der Waals surface area contributed by atoms with Gasteiger partial charge in [0.05, 0.1) is 4.92 Å². The molecular formula is C19H16N4O8S. The van der Waals surface area contributed by atoms with Gasteiger partial charge in [-0.1, -0.05) is 5.16 Å². The molecule has 0 bridgehead atoms. The van der Waals surface area contributed by atoms with E-state index in [1.54, 1.807) is 6.92 Å². The number of hydrogen-bond donors (Lipinski definition) is 0. The molecule has 3 atom stereocenters. The zero-order valence-electron chi connectivity index (χ0n) is 16.8. The lowest BCUT2D eigenvalue weighted by Crippen LogP contribution is -2.59. The molecular weight excluding hydrogens is 444 g/mol. The second kappa shape index (κ2) is 8.42. The molecule has 4 rings (SSSR count). The largest absolute Gasteiger partial charge is 0.456 e. The number of aryl methyl sites for hydroxylation is 1. The summed E-state index contributed by atoms with van der Waals surface area (Å²) in [6.07, 6.45) is -1.05. The predicted molar refractivity (Wildman–Crippen MR) is 106 cm³/mol. The van der Waals surface area contributed by atoms with Gasteiger partial charge in [0.1, 0.15) is 23.6 Å². The Hall–Kier alpha value is -3.74. The summed E-state index contributed by atoms with van der Waals surface area (Å²) in [4.78, 5) is 52.5. The van der Waals surface area contributed by atoms with E-state index in [4.69, 9.17) is 14.0 Å². The Morgan fingerprint density at radius 2 is 2.06 bits per heavy atom. The Morgan fingerprint density at radius 1 is 1.34 bits per heavy atom. The van der Waals surface area contributed by atoms with Crippen LogP contribution in [0.5, 0.6) is 0 Å². The number of carbonyl (C=O) groups excluding carboxylic acids is 3. The molecule has 13 heteroatoms. The molecule has 12 nitrogen and oxygen atoms in total. The van der Waals surface area contributed by atoms with E-state index in [1.807, 2.05) is 0 Å². The molecule has 0 spiro atoms. The smallest absolute Gasteiger partial charge is 0.355 e. The number of carbonyl (C=O) groups is 3. The van der Waals surface area contributed by atoms with E-state index in [-0.39, 0.29) is 29.7 Å². The third kappa shape index (κ3) is 3.93. The molecule has 2 aliphatic rings. The Balaban J connectivity index is 1.41. The number of thioether (sulfide) groups is 1. The first-order chi connectivity index (χ1) is 15.3. The lowest BCUT2D eigenvalue weighted by molar-refractivity contribution is -0.384. The highest BCUT2D eigenvalue weighted by Gasteiger charge is 2.59. The third-order valence-electron chi connectivity index (χ3n) is 4.81. The number of nitrogens with zero attached hydrogens (tertiary/aromatic N) is 4. The minimum absolute atomic E-state index is 0.0639. The number of fused-ring (bicyclic) bond motifs is 1. The van der Waals surface area contributed by atoms with Gasteiger partial charge in [0.25, 0.3) is 5.69 Å². The molecule has 1 aromatic heterocycles. The van der Waals surface area contributed by atoms with Crippen LogP contribution in [0.25, 0.3) is 0 Å². The van der Waals surface area contributed by atoms with Crippen molar-refractivity contribution in [2.24, 2.45) is 5.92 Å². The van der Waals surface area contributed by atoms with Gasteiger partial charge in [-0.25, -0.2) is 4.79 Å². The molecule has 1 fully saturated rings. The maximum absolute atomic E-state index is 12.9. The summed E-state index contributed by atoms with van der Waals surface area (Å²) >= 11 is 1.21. The van der Waals surface area contributed by atoms with Crippen LogP contribution in [-0.2, 0) is 30.5 Å². The Labute approximate surface area is 184 Å². The summed E-state index contributed by atoms with van der Waals surface area (Å²) in [5.41, 5.74) is 0.546. The minimum Gasteiger partial charge on any atom is -0.456 e. The molecule has 166 valence electrons. The van der Waals surface area contributed by atoms with Crippen LogP contribution in [0.2, 0.25) is 0 Å². The highest BCUT2D eigenvalue weighted by atomic mass is 32.2. The number of non-ortho nitro benzene ring substituents is 1. The molecule has 32 heavy (non-hydrogen) atoms. The Morgan fingerprint density at radius 3 is 2.66 bits per heavy atom. The van der Waals surface area contributed by atoms with Crippen molar-refractivity contribution in [3.8, 4) is 0 Å². The predicted octanol–water partition coefficient (Wildman–Crippen LogP) is 2.01. The average molecular weight is 460 g/mol. The number of nitro benzene ring substituents is 1. The van der Waals surface area contributed by atoms with Gasteiger partial charge in [0, 0.05) is 31.4 Å². The number of nitro groups is 1. The summed E-state index contributed by atoms with van der Waals surface area (Å²) in [6, 6.07) is 5.57. The summed E-state index contributed by atoms with van der Waals surface area (Å²) in [5.74, 6) is -2.23. The van der Waals surface area contributed by atoms with Crippen LogP contribution in [0.15, 0.2) is 39.9 Å². The lowest BCUT2D eigenvalue weighted by Gasteiger charge is -2.44. The number of esters is 2. The van der Waals surface area contributed by atoms with Gasteiger partial charge < -0.3 is 14.0 Å². The van der Waals surface area contributed by atoms with Crippen LogP contribution in [-0.4, -0.2) is 43.2 Å². The minimum atomic E-state index is -1.05. The molecule has 0 saturated carbocycles. The summed E-state index contributed by atoms with van der Waals surface area (Å²) in [5, 5.41) is 15.5. The standard InChI is InChI=1S/C19H16N4O8S/c1-9-20-16(21-31-9)15(30-10(2)24)14-17(25)22-13(8-32-18(14)22)19(26)29-7-11-3-5-12(6-4-11)23(27)28/h3-6,8,14-15,18H,7H2,1-2H3. The zero-order chi connectivity index (χ0) is 23.0. The molecule has 0 aliphatic carbocycles. The first-order valence-corrected chi connectivity index (χ1v) is 10.3. The molecule has 3 heterocycles. The molecule has 1 amide bonds. The van der Waals surface area contributed by atoms with Crippen LogP contribution in [0, 0.1) is 23.0 Å². The molecule has 1 aromatic carbocycles. The van der Waals surface area contributed by atoms with Crippen molar-refractivity contribution in [1.29, 1.82) is 0 Å². The van der Waals surface area contributed by atoms with Crippen molar-refractivity contribution in [3.63, 3.8) is 0 Å². The lowest BCUT2D eigenvalue weighted by atomic mass is 9.90. The summed E-state index contributed by atoms with van der Waals surface area (Å²) in [7, 11) is 0. The van der Waals surface area contributed by atoms with Crippen LogP contribution < -0.4 is 0 Å². The monoisotopic (exact) mass is 460 g/mol. The van der Waals surface area contributed by atoms with Gasteiger partial charge in [-0.15, -0.1) is 11.8 Å². The average Bonchev–Trinajstić information content (AvgIpc) is 3.35. The van der Waals surface area contributed by atoms with Crippen molar-refractivity contribution in [3.05, 3.63) is 62.8 Å². The van der Waals surface area contributed by atoms with E-state index < -0.39 is 40.2 Å². The molecule has 3 unspecified atom stereocenters. The number of amides is 1. The number of benzene rings is 1. The topological polar surface area (TPSA) is 155 Å². The van der Waals surface area contributed by atoms with Crippen LogP contribution >= 0.6 is 11.8 Å². The van der Waals surface area contributed by atoms with E-state index in [0.29, 0.717) is 5.56 Å². The molecule has 0 N–H and O–H groups in total. The molecule has 1 saturated heterocycles. The van der Waals surface area contributed by atoms with Gasteiger partial charge in [0.2, 0.25) is 17.6 Å². The number of ether oxygens (including phenoxy) is 2. The first kappa shape index (κ1) is 21.5. The van der Waals surface area contributed by atoms with Gasteiger partial charge in [0.15, 0.2) is 6.10 Å². The maximum atomic E-state index is 12.9. The van der Waals surface area contributed by atoms with Crippen molar-refractivity contribution < 1.29 is 33.3 Å². The van der Waals surface area contributed by atoms with E-state index in [1.165, 1.54) is 53.3 Å². The third-order valence-corrected chi connectivity index (χ3v) is 5.95. The van der Waals surface area contributed by atoms with Gasteiger partial charge >= 0.3 is 11.9 Å². The van der Waals surface area contributed by atoms with Crippen LogP contribution in [0.3, 0.4) is 0 Å². The number of β-lactam (4-membered cyclic amide) rings is 1. The fourth-order valence-corrected chi connectivity index (χ4v) is 4.58. The van der Waals surface area contributed by atoms with Crippen LogP contribution in [0.4, 0.5) is 5.69 Å². The quantitative estimate of drug-likeness (QED) is 0.258. The molecule has 0 radical (unpaired) electrons. The second-order valence-corrected chi connectivity index (χ2v) is 7.96. The van der Waals surface area contributed by atoms with Gasteiger partial charge in [-0.3, -0.25) is 24.6 Å². The van der Waals surface area contributed by atoms with Crippen molar-refractivity contribution in [1.82, 2.24) is 15.0 Å². The van der Waals surface area contributed by atoms with Crippen LogP contribution in [0.1, 0.15) is 30.3 Å². The highest BCUT2D eigenvalue weighted by molar-refractivity contribution is 8.03. The van der Waals surface area contributed by atoms with E-state index in [2.05, 4.69) is 10.1 Å². The second-order valence-electron chi connectivity index (χ2n) is 6.97. The Kier molecular flexibility index (Phi) is 5.65. The first-order valence-electron chi connectivity index (χ1n) is 9.33. The van der Waals surface area contributed by atoms with Gasteiger partial charge in [-0.05, 0) is 17.7 Å². The normalized spacial score (nSPS) is 20.1. The van der Waals surface area contributed by atoms with E-state index in [0.717, 1.165) is 0 Å². The van der Waals surface area contributed by atoms with Crippen molar-refractivity contribution in [2.45, 2.75) is 31.9 Å². The fraction of sp³-hybridized carbons (Fsp3) is 0.316. The number of hydrogen-bond acceptors (Lipinski definition) is 11. The zero-order valence-corrected chi connectivity index (χ0v) is 17.6. The maximum Gasteiger partial charge on any atom is 0.355 e. The van der Waals surface area contributed by atoms with E-state index in [9.17, 15) is 24.5 Å². The van der Waals surface area contributed by atoms with E-state index >= 15 is 0 Å². The number of rotatable bonds is 7. The molecule has 2 aliphatic heterocycles. The highest BCUT2D eigenvalue weighted by Crippen LogP contribution is 2.50. The van der Waals surface area contributed by atoms with Crippen molar-refractivity contribution >= 4 is 35.3 Å². The van der Waals surface area contributed by atoms with Crippen molar-refractivity contribution in [2.75, 3.05) is 0 Å². The summed E-state index contributed by atoms with van der Waals surface area (Å²) < 4.78 is 15.5. The fourth-order valence-electron chi connectivity index (χ4n) is 3.34. The van der Waals surface area contributed by atoms with Gasteiger partial charge in [-0.2, -0.15) is 4.98 Å². The molecule has 2 aromatic rings. The SMILES string of the molecule is CC(=O)OC(c1noc(C)n1)C1C(=O)N2C(C(=O)OCc3ccc([N+](=O)[O-])cc3)=CSC12.